The minimum atomic E-state index is -0.706. The average molecular weight is 291 g/mol. The summed E-state index contributed by atoms with van der Waals surface area (Å²) in [6.45, 7) is 3.26. The number of aliphatic carboxylic acids is 1. The van der Waals surface area contributed by atoms with Crippen molar-refractivity contribution in [3.05, 3.63) is 23.9 Å². The number of carbonyl (C=O) groups is 2. The number of amides is 1. The van der Waals surface area contributed by atoms with E-state index in [2.05, 4.69) is 4.98 Å². The molecule has 0 unspecified atom stereocenters. The van der Waals surface area contributed by atoms with Gasteiger partial charge in [-0.15, -0.1) is 0 Å². The summed E-state index contributed by atoms with van der Waals surface area (Å²) in [5, 5.41) is 9.50. The van der Waals surface area contributed by atoms with Crippen LogP contribution in [0.5, 0.6) is 0 Å². The van der Waals surface area contributed by atoms with Crippen molar-refractivity contribution in [2.24, 2.45) is 11.1 Å². The first-order valence-corrected chi connectivity index (χ1v) is 7.23. The van der Waals surface area contributed by atoms with Gasteiger partial charge < -0.3 is 15.7 Å². The molecule has 0 radical (unpaired) electrons. The second-order valence-corrected chi connectivity index (χ2v) is 5.59. The maximum atomic E-state index is 11.6. The molecule has 2 rings (SSSR count). The summed E-state index contributed by atoms with van der Waals surface area (Å²) in [5.74, 6) is -0.508. The van der Waals surface area contributed by atoms with Crippen LogP contribution in [0, 0.1) is 5.41 Å². The predicted octanol–water partition coefficient (Wildman–Crippen LogP) is 1.65. The summed E-state index contributed by atoms with van der Waals surface area (Å²) >= 11 is 0. The lowest BCUT2D eigenvalue weighted by Crippen LogP contribution is -2.44. The first-order valence-electron chi connectivity index (χ1n) is 7.23. The van der Waals surface area contributed by atoms with E-state index in [1.165, 1.54) is 0 Å². The normalized spacial score (nSPS) is 17.5. The molecule has 1 aliphatic rings. The van der Waals surface area contributed by atoms with Gasteiger partial charge in [0.2, 0.25) is 5.91 Å². The molecule has 1 fully saturated rings. The largest absolute Gasteiger partial charge is 0.481 e. The third-order valence-electron chi connectivity index (χ3n) is 4.26. The van der Waals surface area contributed by atoms with Crippen molar-refractivity contribution in [1.82, 2.24) is 4.98 Å². The zero-order valence-corrected chi connectivity index (χ0v) is 12.2. The molecule has 1 aromatic heterocycles. The highest BCUT2D eigenvalue weighted by Gasteiger charge is 2.40. The number of carboxylic acids is 1. The molecular formula is C15H21N3O3. The van der Waals surface area contributed by atoms with E-state index in [4.69, 9.17) is 5.73 Å². The number of hydrogen-bond donors (Lipinski definition) is 2. The van der Waals surface area contributed by atoms with Gasteiger partial charge in [0.05, 0.1) is 5.41 Å². The van der Waals surface area contributed by atoms with Crippen LogP contribution >= 0.6 is 0 Å². The molecule has 0 aromatic carbocycles. The fourth-order valence-electron chi connectivity index (χ4n) is 2.96. The molecule has 3 N–H and O–H groups in total. The van der Waals surface area contributed by atoms with Crippen LogP contribution in [-0.2, 0) is 4.79 Å². The Morgan fingerprint density at radius 1 is 1.43 bits per heavy atom. The maximum absolute atomic E-state index is 11.6. The molecule has 1 saturated heterocycles. The topological polar surface area (TPSA) is 96.5 Å². The lowest BCUT2D eigenvalue weighted by Gasteiger charge is -2.39. The predicted molar refractivity (Wildman–Crippen MR) is 79.2 cm³/mol. The van der Waals surface area contributed by atoms with E-state index in [9.17, 15) is 14.7 Å². The summed E-state index contributed by atoms with van der Waals surface area (Å²) < 4.78 is 0. The number of pyridine rings is 1. The number of piperidine rings is 1. The zero-order chi connectivity index (χ0) is 15.5. The van der Waals surface area contributed by atoms with E-state index in [0.29, 0.717) is 43.7 Å². The van der Waals surface area contributed by atoms with E-state index in [-0.39, 0.29) is 0 Å². The van der Waals surface area contributed by atoms with E-state index in [1.54, 1.807) is 18.3 Å². The second-order valence-electron chi connectivity index (χ2n) is 5.59. The number of nitrogens with zero attached hydrogens (tertiary/aromatic N) is 2. The van der Waals surface area contributed by atoms with Crippen molar-refractivity contribution in [2.45, 2.75) is 32.6 Å². The second kappa shape index (κ2) is 6.11. The van der Waals surface area contributed by atoms with Crippen molar-refractivity contribution < 1.29 is 14.7 Å². The monoisotopic (exact) mass is 291 g/mol. The zero-order valence-electron chi connectivity index (χ0n) is 12.2. The molecule has 0 bridgehead atoms. The van der Waals surface area contributed by atoms with E-state index in [1.807, 2.05) is 11.8 Å². The highest BCUT2D eigenvalue weighted by Crippen LogP contribution is 2.37. The minimum absolute atomic E-state index is 0.420. The number of anilines is 1. The van der Waals surface area contributed by atoms with Crippen LogP contribution < -0.4 is 10.6 Å². The highest BCUT2D eigenvalue weighted by atomic mass is 16.4. The van der Waals surface area contributed by atoms with Crippen LogP contribution in [0.15, 0.2) is 18.3 Å². The van der Waals surface area contributed by atoms with Crippen molar-refractivity contribution in [1.29, 1.82) is 0 Å². The van der Waals surface area contributed by atoms with E-state index in [0.717, 1.165) is 6.42 Å². The van der Waals surface area contributed by atoms with Gasteiger partial charge in [-0.1, -0.05) is 13.3 Å². The Kier molecular flexibility index (Phi) is 4.45. The summed E-state index contributed by atoms with van der Waals surface area (Å²) in [5.41, 5.74) is 5.07. The van der Waals surface area contributed by atoms with Gasteiger partial charge in [0.25, 0.3) is 0 Å². The van der Waals surface area contributed by atoms with Gasteiger partial charge in [0.15, 0.2) is 0 Å². The highest BCUT2D eigenvalue weighted by molar-refractivity contribution is 5.93. The van der Waals surface area contributed by atoms with Crippen LogP contribution in [0.1, 0.15) is 43.0 Å². The first kappa shape index (κ1) is 15.3. The Labute approximate surface area is 124 Å². The fraction of sp³-hybridized carbons (Fsp3) is 0.533. The number of nitrogens with two attached hydrogens (primary N) is 1. The minimum Gasteiger partial charge on any atom is -0.481 e. The smallest absolute Gasteiger partial charge is 0.309 e. The Morgan fingerprint density at radius 2 is 2.10 bits per heavy atom. The number of carboxylic acid groups (broad SMARTS) is 1. The Morgan fingerprint density at radius 3 is 2.62 bits per heavy atom. The molecule has 0 atom stereocenters. The molecule has 114 valence electrons. The van der Waals surface area contributed by atoms with Gasteiger partial charge in [-0.05, 0) is 31.4 Å². The first-order chi connectivity index (χ1) is 9.98. The van der Waals surface area contributed by atoms with E-state index < -0.39 is 17.3 Å². The number of rotatable bonds is 5. The van der Waals surface area contributed by atoms with Crippen LogP contribution in [0.4, 0.5) is 5.82 Å². The molecule has 2 heterocycles. The molecular weight excluding hydrogens is 270 g/mol. The van der Waals surface area contributed by atoms with Crippen molar-refractivity contribution in [3.8, 4) is 0 Å². The molecule has 1 aliphatic heterocycles. The third-order valence-corrected chi connectivity index (χ3v) is 4.26. The quantitative estimate of drug-likeness (QED) is 0.860. The van der Waals surface area contributed by atoms with Crippen LogP contribution in [-0.4, -0.2) is 35.1 Å². The lowest BCUT2D eigenvalue weighted by molar-refractivity contribution is -0.150. The molecule has 1 aromatic rings. The molecule has 6 nitrogen and oxygen atoms in total. The Bertz CT molecular complexity index is 537. The standard InChI is InChI=1S/C15H21N3O3/c1-2-4-15(14(20)21)5-8-18(9-6-15)12-10-11(13(16)19)3-7-17-12/h3,7,10H,2,4-6,8-9H2,1H3,(H2,16,19)(H,20,21). The van der Waals surface area contributed by atoms with Crippen molar-refractivity contribution in [2.75, 3.05) is 18.0 Å². The van der Waals surface area contributed by atoms with E-state index >= 15 is 0 Å². The van der Waals surface area contributed by atoms with Crippen molar-refractivity contribution >= 4 is 17.7 Å². The fourth-order valence-corrected chi connectivity index (χ4v) is 2.96. The number of primary amides is 1. The number of carbonyl (C=O) groups excluding carboxylic acids is 1. The lowest BCUT2D eigenvalue weighted by atomic mass is 9.75. The van der Waals surface area contributed by atoms with Gasteiger partial charge in [-0.3, -0.25) is 9.59 Å². The maximum Gasteiger partial charge on any atom is 0.309 e. The molecule has 21 heavy (non-hydrogen) atoms. The van der Waals surface area contributed by atoms with Crippen LogP contribution in [0.3, 0.4) is 0 Å². The SMILES string of the molecule is CCCC1(C(=O)O)CCN(c2cc(C(N)=O)ccn2)CC1. The summed E-state index contributed by atoms with van der Waals surface area (Å²) in [7, 11) is 0. The summed E-state index contributed by atoms with van der Waals surface area (Å²) in [6.07, 6.45) is 4.31. The number of hydrogen-bond acceptors (Lipinski definition) is 4. The Hall–Kier alpha value is -2.11. The van der Waals surface area contributed by atoms with Gasteiger partial charge in [0, 0.05) is 24.8 Å². The molecule has 1 amide bonds. The van der Waals surface area contributed by atoms with Gasteiger partial charge in [0.1, 0.15) is 5.82 Å². The van der Waals surface area contributed by atoms with Gasteiger partial charge >= 0.3 is 5.97 Å². The molecule has 0 aliphatic carbocycles. The van der Waals surface area contributed by atoms with Gasteiger partial charge in [-0.25, -0.2) is 4.98 Å². The molecule has 0 spiro atoms. The summed E-state index contributed by atoms with van der Waals surface area (Å²) in [6, 6.07) is 3.24. The van der Waals surface area contributed by atoms with Crippen LogP contribution in [0.2, 0.25) is 0 Å². The van der Waals surface area contributed by atoms with Crippen molar-refractivity contribution in [3.63, 3.8) is 0 Å². The molecule has 6 heteroatoms. The summed E-state index contributed by atoms with van der Waals surface area (Å²) in [4.78, 5) is 29.0. The molecule has 0 saturated carbocycles. The van der Waals surface area contributed by atoms with Crippen LogP contribution in [0.25, 0.3) is 0 Å². The number of aromatic nitrogens is 1. The third kappa shape index (κ3) is 3.15. The van der Waals surface area contributed by atoms with Gasteiger partial charge in [-0.2, -0.15) is 0 Å². The Balaban J connectivity index is 2.11. The average Bonchev–Trinajstić information content (AvgIpc) is 2.48.